The molecule has 8 heteroatoms. The zero-order valence-corrected chi connectivity index (χ0v) is 13.6. The van der Waals surface area contributed by atoms with Gasteiger partial charge < -0.3 is 10.4 Å². The lowest BCUT2D eigenvalue weighted by molar-refractivity contribution is -0.115. The molecule has 1 aliphatic rings. The van der Waals surface area contributed by atoms with Gasteiger partial charge in [0.05, 0.1) is 17.9 Å². The highest BCUT2D eigenvalue weighted by atomic mass is 79.9. The lowest BCUT2D eigenvalue weighted by Gasteiger charge is -2.21. The van der Waals surface area contributed by atoms with E-state index in [1.165, 1.54) is 12.1 Å². The standard InChI is InChI=1S/C13H15BrN2O4S/c1-2-3-16(4-5-17)21(19,20)12-6-9-7-13(18)15-11(9)8-10(12)14/h2,6,8,17H,1,3-5,7H2,(H,15,18). The van der Waals surface area contributed by atoms with Crippen molar-refractivity contribution in [3.8, 4) is 0 Å². The Morgan fingerprint density at radius 3 is 2.81 bits per heavy atom. The number of benzene rings is 1. The summed E-state index contributed by atoms with van der Waals surface area (Å²) in [5, 5.41) is 11.7. The second kappa shape index (κ2) is 6.27. The molecule has 2 rings (SSSR count). The van der Waals surface area contributed by atoms with Gasteiger partial charge in [-0.3, -0.25) is 4.79 Å². The van der Waals surface area contributed by atoms with Gasteiger partial charge >= 0.3 is 0 Å². The highest BCUT2D eigenvalue weighted by Crippen LogP contribution is 2.33. The molecule has 6 nitrogen and oxygen atoms in total. The van der Waals surface area contributed by atoms with Gasteiger partial charge in [-0.2, -0.15) is 4.31 Å². The predicted molar refractivity (Wildman–Crippen MR) is 82.5 cm³/mol. The second-order valence-electron chi connectivity index (χ2n) is 4.54. The van der Waals surface area contributed by atoms with Crippen molar-refractivity contribution in [1.29, 1.82) is 0 Å². The number of nitrogens with one attached hydrogen (secondary N) is 1. The molecule has 0 spiro atoms. The number of aliphatic hydroxyl groups excluding tert-OH is 1. The van der Waals surface area contributed by atoms with Crippen LogP contribution in [-0.2, 0) is 21.2 Å². The SMILES string of the molecule is C=CCN(CCO)S(=O)(=O)c1cc2c(cc1Br)NC(=O)C2. The number of sulfonamides is 1. The van der Waals surface area contributed by atoms with E-state index in [0.717, 1.165) is 4.31 Å². The number of carbonyl (C=O) groups excluding carboxylic acids is 1. The minimum absolute atomic E-state index is 0.0188. The minimum Gasteiger partial charge on any atom is -0.395 e. The van der Waals surface area contributed by atoms with Crippen molar-refractivity contribution in [1.82, 2.24) is 4.31 Å². The predicted octanol–water partition coefficient (Wildman–Crippen LogP) is 1.11. The van der Waals surface area contributed by atoms with E-state index < -0.39 is 10.0 Å². The Morgan fingerprint density at radius 2 is 2.19 bits per heavy atom. The summed E-state index contributed by atoms with van der Waals surface area (Å²) in [7, 11) is -3.78. The average Bonchev–Trinajstić information content (AvgIpc) is 2.76. The lowest BCUT2D eigenvalue weighted by Crippen LogP contribution is -2.34. The zero-order chi connectivity index (χ0) is 15.6. The van der Waals surface area contributed by atoms with Crippen molar-refractivity contribution in [2.24, 2.45) is 0 Å². The van der Waals surface area contributed by atoms with Crippen LogP contribution in [0.5, 0.6) is 0 Å². The number of fused-ring (bicyclic) bond motifs is 1. The summed E-state index contributed by atoms with van der Waals surface area (Å²) in [6.07, 6.45) is 1.62. The van der Waals surface area contributed by atoms with Crippen molar-refractivity contribution >= 4 is 37.5 Å². The number of hydrogen-bond donors (Lipinski definition) is 2. The quantitative estimate of drug-likeness (QED) is 0.730. The van der Waals surface area contributed by atoms with Crippen LogP contribution in [0.4, 0.5) is 5.69 Å². The van der Waals surface area contributed by atoms with Gasteiger partial charge in [0.1, 0.15) is 0 Å². The van der Waals surface area contributed by atoms with Gasteiger partial charge in [0.15, 0.2) is 0 Å². The fourth-order valence-corrected chi connectivity index (χ4v) is 4.58. The number of nitrogens with zero attached hydrogens (tertiary/aromatic N) is 1. The maximum Gasteiger partial charge on any atom is 0.244 e. The summed E-state index contributed by atoms with van der Waals surface area (Å²) in [5.41, 5.74) is 1.26. The third-order valence-electron chi connectivity index (χ3n) is 3.08. The smallest absolute Gasteiger partial charge is 0.244 e. The zero-order valence-electron chi connectivity index (χ0n) is 11.2. The van der Waals surface area contributed by atoms with Gasteiger partial charge in [0, 0.05) is 23.2 Å². The minimum atomic E-state index is -3.78. The fourth-order valence-electron chi connectivity index (χ4n) is 2.13. The maximum absolute atomic E-state index is 12.6. The van der Waals surface area contributed by atoms with Crippen LogP contribution in [0.15, 0.2) is 34.2 Å². The Labute approximate surface area is 131 Å². The Bertz CT molecular complexity index is 688. The van der Waals surface area contributed by atoms with Gasteiger partial charge in [0.25, 0.3) is 0 Å². The first-order valence-corrected chi connectivity index (χ1v) is 8.47. The van der Waals surface area contributed by atoms with E-state index in [1.54, 1.807) is 6.07 Å². The molecule has 0 aromatic heterocycles. The maximum atomic E-state index is 12.6. The molecular formula is C13H15BrN2O4S. The largest absolute Gasteiger partial charge is 0.395 e. The molecule has 0 fully saturated rings. The molecule has 0 saturated heterocycles. The van der Waals surface area contributed by atoms with Crippen LogP contribution in [0, 0.1) is 0 Å². The van der Waals surface area contributed by atoms with Crippen LogP contribution >= 0.6 is 15.9 Å². The van der Waals surface area contributed by atoms with Crippen molar-refractivity contribution in [2.45, 2.75) is 11.3 Å². The third kappa shape index (κ3) is 3.18. The Morgan fingerprint density at radius 1 is 1.48 bits per heavy atom. The van der Waals surface area contributed by atoms with Crippen LogP contribution in [0.1, 0.15) is 5.56 Å². The molecule has 0 saturated carbocycles. The topological polar surface area (TPSA) is 86.7 Å². The number of rotatable bonds is 6. The monoisotopic (exact) mass is 374 g/mol. The fraction of sp³-hybridized carbons (Fsp3) is 0.308. The molecule has 114 valence electrons. The first kappa shape index (κ1) is 16.2. The number of anilines is 1. The lowest BCUT2D eigenvalue weighted by atomic mass is 10.2. The van der Waals surface area contributed by atoms with E-state index in [0.29, 0.717) is 15.7 Å². The molecule has 1 heterocycles. The van der Waals surface area contributed by atoms with Gasteiger partial charge in [-0.25, -0.2) is 8.42 Å². The number of aliphatic hydroxyl groups is 1. The first-order valence-electron chi connectivity index (χ1n) is 6.24. The summed E-state index contributed by atoms with van der Waals surface area (Å²) in [6.45, 7) is 3.33. The van der Waals surface area contributed by atoms with Crippen LogP contribution < -0.4 is 5.32 Å². The molecular weight excluding hydrogens is 360 g/mol. The van der Waals surface area contributed by atoms with Crippen molar-refractivity contribution in [3.63, 3.8) is 0 Å². The first-order chi connectivity index (χ1) is 9.90. The highest BCUT2D eigenvalue weighted by molar-refractivity contribution is 9.10. The third-order valence-corrected chi connectivity index (χ3v) is 5.91. The van der Waals surface area contributed by atoms with Gasteiger partial charge in [-0.15, -0.1) is 6.58 Å². The van der Waals surface area contributed by atoms with Gasteiger partial charge in [-0.1, -0.05) is 6.08 Å². The molecule has 0 radical (unpaired) electrons. The Balaban J connectivity index is 2.47. The van der Waals surface area contributed by atoms with Gasteiger partial charge in [0.2, 0.25) is 15.9 Å². The summed E-state index contributed by atoms with van der Waals surface area (Å²) < 4.78 is 26.8. The van der Waals surface area contributed by atoms with Crippen LogP contribution in [0.25, 0.3) is 0 Å². The molecule has 1 aromatic carbocycles. The Kier molecular flexibility index (Phi) is 4.82. The van der Waals surface area contributed by atoms with E-state index >= 15 is 0 Å². The van der Waals surface area contributed by atoms with E-state index in [-0.39, 0.29) is 36.9 Å². The van der Waals surface area contributed by atoms with Crippen molar-refractivity contribution in [2.75, 3.05) is 25.0 Å². The number of hydrogen-bond acceptors (Lipinski definition) is 4. The van der Waals surface area contributed by atoms with Crippen LogP contribution in [0.2, 0.25) is 0 Å². The summed E-state index contributed by atoms with van der Waals surface area (Å²) in [4.78, 5) is 11.5. The van der Waals surface area contributed by atoms with E-state index in [4.69, 9.17) is 5.11 Å². The van der Waals surface area contributed by atoms with E-state index in [2.05, 4.69) is 27.8 Å². The molecule has 1 aliphatic heterocycles. The molecule has 21 heavy (non-hydrogen) atoms. The van der Waals surface area contributed by atoms with E-state index in [9.17, 15) is 13.2 Å². The molecule has 0 bridgehead atoms. The van der Waals surface area contributed by atoms with Crippen LogP contribution in [-0.4, -0.2) is 43.4 Å². The molecule has 0 aliphatic carbocycles. The summed E-state index contributed by atoms with van der Waals surface area (Å²) in [5.74, 6) is -0.162. The summed E-state index contributed by atoms with van der Waals surface area (Å²) >= 11 is 3.23. The molecule has 1 amide bonds. The number of amides is 1. The number of halogens is 1. The average molecular weight is 375 g/mol. The van der Waals surface area contributed by atoms with Crippen LogP contribution in [0.3, 0.4) is 0 Å². The normalized spacial score (nSPS) is 14.1. The van der Waals surface area contributed by atoms with E-state index in [1.807, 2.05) is 0 Å². The molecule has 0 atom stereocenters. The highest BCUT2D eigenvalue weighted by Gasteiger charge is 2.28. The molecule has 0 unspecified atom stereocenters. The van der Waals surface area contributed by atoms with Crippen molar-refractivity contribution in [3.05, 3.63) is 34.8 Å². The number of carbonyl (C=O) groups is 1. The van der Waals surface area contributed by atoms with Gasteiger partial charge in [-0.05, 0) is 33.6 Å². The molecule has 2 N–H and O–H groups in total. The second-order valence-corrected chi connectivity index (χ2v) is 7.30. The molecule has 1 aromatic rings. The Hall–Kier alpha value is -1.22. The summed E-state index contributed by atoms with van der Waals surface area (Å²) in [6, 6.07) is 3.07. The van der Waals surface area contributed by atoms with Crippen molar-refractivity contribution < 1.29 is 18.3 Å².